The fourth-order valence-electron chi connectivity index (χ4n) is 2.20. The van der Waals surface area contributed by atoms with E-state index in [1.807, 2.05) is 0 Å². The molecule has 2 N–H and O–H groups in total. The van der Waals surface area contributed by atoms with Crippen molar-refractivity contribution < 1.29 is 19.4 Å². The minimum atomic E-state index is -0.993. The van der Waals surface area contributed by atoms with Gasteiger partial charge in [-0.2, -0.15) is 0 Å². The van der Waals surface area contributed by atoms with Crippen molar-refractivity contribution in [2.75, 3.05) is 39.4 Å². The molecule has 0 saturated carbocycles. The Bertz CT molecular complexity index is 481. The number of morpholine rings is 1. The van der Waals surface area contributed by atoms with Crippen LogP contribution < -0.4 is 5.32 Å². The van der Waals surface area contributed by atoms with E-state index in [1.54, 1.807) is 0 Å². The number of carbonyl (C=O) groups excluding carboxylic acids is 1. The lowest BCUT2D eigenvalue weighted by molar-refractivity contribution is 0.0374. The zero-order chi connectivity index (χ0) is 15.1. The third kappa shape index (κ3) is 4.84. The summed E-state index contributed by atoms with van der Waals surface area (Å²) in [5.74, 6) is -1.17. The molecule has 21 heavy (non-hydrogen) atoms. The van der Waals surface area contributed by atoms with E-state index in [0.717, 1.165) is 39.3 Å². The molecule has 0 atom stereocenters. The number of rotatable bonds is 6. The monoisotopic (exact) mass is 292 g/mol. The molecular formula is C15H20N2O4. The molecule has 1 aromatic carbocycles. The largest absolute Gasteiger partial charge is 0.478 e. The van der Waals surface area contributed by atoms with Crippen LogP contribution in [0.4, 0.5) is 0 Å². The first-order valence-corrected chi connectivity index (χ1v) is 7.08. The summed E-state index contributed by atoms with van der Waals surface area (Å²) < 4.78 is 5.28. The average molecular weight is 292 g/mol. The van der Waals surface area contributed by atoms with Gasteiger partial charge < -0.3 is 15.2 Å². The van der Waals surface area contributed by atoms with Crippen molar-refractivity contribution in [3.63, 3.8) is 0 Å². The molecule has 6 nitrogen and oxygen atoms in total. The number of ether oxygens (including phenoxy) is 1. The highest BCUT2D eigenvalue weighted by Gasteiger charge is 2.10. The lowest BCUT2D eigenvalue weighted by atomic mass is 10.1. The number of hydrogen-bond acceptors (Lipinski definition) is 4. The van der Waals surface area contributed by atoms with Crippen molar-refractivity contribution >= 4 is 11.9 Å². The van der Waals surface area contributed by atoms with Gasteiger partial charge in [-0.1, -0.05) is 0 Å². The van der Waals surface area contributed by atoms with Gasteiger partial charge in [-0.05, 0) is 37.2 Å². The fourth-order valence-corrected chi connectivity index (χ4v) is 2.20. The van der Waals surface area contributed by atoms with E-state index in [0.29, 0.717) is 12.1 Å². The Morgan fingerprint density at radius 1 is 1.14 bits per heavy atom. The second-order valence-corrected chi connectivity index (χ2v) is 4.95. The maximum atomic E-state index is 11.9. The number of amides is 1. The van der Waals surface area contributed by atoms with Gasteiger partial charge in [0.25, 0.3) is 5.91 Å². The van der Waals surface area contributed by atoms with Gasteiger partial charge in [0.15, 0.2) is 0 Å². The van der Waals surface area contributed by atoms with Crippen LogP contribution in [0.2, 0.25) is 0 Å². The minimum absolute atomic E-state index is 0.172. The van der Waals surface area contributed by atoms with Crippen LogP contribution in [0.5, 0.6) is 0 Å². The van der Waals surface area contributed by atoms with Crippen molar-refractivity contribution in [1.82, 2.24) is 10.2 Å². The Morgan fingerprint density at radius 2 is 1.76 bits per heavy atom. The molecule has 0 spiro atoms. The first-order chi connectivity index (χ1) is 10.2. The van der Waals surface area contributed by atoms with E-state index in [2.05, 4.69) is 10.2 Å². The third-order valence-electron chi connectivity index (χ3n) is 3.43. The van der Waals surface area contributed by atoms with Crippen LogP contribution in [0.1, 0.15) is 27.1 Å². The average Bonchev–Trinajstić information content (AvgIpc) is 2.52. The zero-order valence-electron chi connectivity index (χ0n) is 11.9. The van der Waals surface area contributed by atoms with Crippen LogP contribution in [0.15, 0.2) is 24.3 Å². The standard InChI is InChI=1S/C15H20N2O4/c18-14(12-2-4-13(5-3-12)15(19)20)16-6-1-7-17-8-10-21-11-9-17/h2-5H,1,6-11H2,(H,16,18)(H,19,20). The third-order valence-corrected chi connectivity index (χ3v) is 3.43. The highest BCUT2D eigenvalue weighted by Crippen LogP contribution is 2.04. The molecule has 6 heteroatoms. The van der Waals surface area contributed by atoms with Crippen LogP contribution >= 0.6 is 0 Å². The topological polar surface area (TPSA) is 78.9 Å². The first-order valence-electron chi connectivity index (χ1n) is 7.08. The molecule has 2 rings (SSSR count). The molecule has 0 unspecified atom stereocenters. The summed E-state index contributed by atoms with van der Waals surface area (Å²) in [5, 5.41) is 11.6. The van der Waals surface area contributed by atoms with E-state index in [9.17, 15) is 9.59 Å². The molecule has 1 fully saturated rings. The smallest absolute Gasteiger partial charge is 0.335 e. The van der Waals surface area contributed by atoms with E-state index >= 15 is 0 Å². The van der Waals surface area contributed by atoms with Crippen molar-refractivity contribution in [2.45, 2.75) is 6.42 Å². The van der Waals surface area contributed by atoms with Gasteiger partial charge in [0, 0.05) is 25.2 Å². The molecule has 0 aromatic heterocycles. The van der Waals surface area contributed by atoms with E-state index in [1.165, 1.54) is 24.3 Å². The summed E-state index contributed by atoms with van der Waals surface area (Å²) in [5.41, 5.74) is 0.658. The first kappa shape index (κ1) is 15.5. The fraction of sp³-hybridized carbons (Fsp3) is 0.467. The number of benzene rings is 1. The van der Waals surface area contributed by atoms with Gasteiger partial charge in [0.1, 0.15) is 0 Å². The molecule has 1 saturated heterocycles. The molecule has 1 aliphatic heterocycles. The Labute approximate surface area is 123 Å². The van der Waals surface area contributed by atoms with Gasteiger partial charge >= 0.3 is 5.97 Å². The van der Waals surface area contributed by atoms with Crippen LogP contribution in [-0.4, -0.2) is 61.3 Å². The Balaban J connectivity index is 1.70. The Kier molecular flexibility index (Phi) is 5.71. The lowest BCUT2D eigenvalue weighted by Crippen LogP contribution is -2.38. The molecule has 0 radical (unpaired) electrons. The summed E-state index contributed by atoms with van der Waals surface area (Å²) >= 11 is 0. The number of carboxylic acid groups (broad SMARTS) is 1. The maximum absolute atomic E-state index is 11.9. The van der Waals surface area contributed by atoms with Gasteiger partial charge in [0.05, 0.1) is 18.8 Å². The Morgan fingerprint density at radius 3 is 2.38 bits per heavy atom. The number of carbonyl (C=O) groups is 2. The molecule has 1 aliphatic rings. The Hall–Kier alpha value is -1.92. The van der Waals surface area contributed by atoms with Crippen LogP contribution in [-0.2, 0) is 4.74 Å². The molecular weight excluding hydrogens is 272 g/mol. The predicted octanol–water partition coefficient (Wildman–Crippen LogP) is 0.837. The number of hydrogen-bond donors (Lipinski definition) is 2. The summed E-state index contributed by atoms with van der Waals surface area (Å²) in [6.45, 7) is 5.01. The zero-order valence-corrected chi connectivity index (χ0v) is 11.9. The van der Waals surface area contributed by atoms with Crippen molar-refractivity contribution in [3.8, 4) is 0 Å². The van der Waals surface area contributed by atoms with Gasteiger partial charge in [-0.25, -0.2) is 4.79 Å². The molecule has 1 heterocycles. The molecule has 1 aromatic rings. The second-order valence-electron chi connectivity index (χ2n) is 4.95. The van der Waals surface area contributed by atoms with Crippen LogP contribution in [0, 0.1) is 0 Å². The van der Waals surface area contributed by atoms with Crippen molar-refractivity contribution in [1.29, 1.82) is 0 Å². The molecule has 0 bridgehead atoms. The normalized spacial score (nSPS) is 15.6. The van der Waals surface area contributed by atoms with E-state index in [4.69, 9.17) is 9.84 Å². The van der Waals surface area contributed by atoms with E-state index in [-0.39, 0.29) is 11.5 Å². The van der Waals surface area contributed by atoms with Crippen molar-refractivity contribution in [3.05, 3.63) is 35.4 Å². The summed E-state index contributed by atoms with van der Waals surface area (Å²) in [4.78, 5) is 24.9. The molecule has 1 amide bonds. The number of nitrogens with zero attached hydrogens (tertiary/aromatic N) is 1. The van der Waals surface area contributed by atoms with Crippen molar-refractivity contribution in [2.24, 2.45) is 0 Å². The second kappa shape index (κ2) is 7.75. The SMILES string of the molecule is O=C(O)c1ccc(C(=O)NCCCN2CCOCC2)cc1. The number of carboxylic acids is 1. The van der Waals surface area contributed by atoms with Gasteiger partial charge in [-0.15, -0.1) is 0 Å². The minimum Gasteiger partial charge on any atom is -0.478 e. The number of nitrogens with one attached hydrogen (secondary N) is 1. The van der Waals surface area contributed by atoms with Crippen LogP contribution in [0.3, 0.4) is 0 Å². The van der Waals surface area contributed by atoms with Gasteiger partial charge in [0.2, 0.25) is 0 Å². The van der Waals surface area contributed by atoms with Crippen LogP contribution in [0.25, 0.3) is 0 Å². The lowest BCUT2D eigenvalue weighted by Gasteiger charge is -2.26. The summed E-state index contributed by atoms with van der Waals surface area (Å²) in [6.07, 6.45) is 0.888. The summed E-state index contributed by atoms with van der Waals surface area (Å²) in [7, 11) is 0. The highest BCUT2D eigenvalue weighted by molar-refractivity contribution is 5.95. The summed E-state index contributed by atoms with van der Waals surface area (Å²) in [6, 6.07) is 5.93. The maximum Gasteiger partial charge on any atom is 0.335 e. The number of aromatic carboxylic acids is 1. The van der Waals surface area contributed by atoms with Gasteiger partial charge in [-0.3, -0.25) is 9.69 Å². The molecule has 0 aliphatic carbocycles. The molecule has 114 valence electrons. The van der Waals surface area contributed by atoms with E-state index < -0.39 is 5.97 Å². The predicted molar refractivity (Wildman–Crippen MR) is 77.6 cm³/mol. The quantitative estimate of drug-likeness (QED) is 0.760. The highest BCUT2D eigenvalue weighted by atomic mass is 16.5.